The molecule has 4 nitrogen and oxygen atoms in total. The Morgan fingerprint density at radius 3 is 2.60 bits per heavy atom. The summed E-state index contributed by atoms with van der Waals surface area (Å²) in [6, 6.07) is 15.0. The normalized spacial score (nSPS) is 10.6. The van der Waals surface area contributed by atoms with E-state index >= 15 is 0 Å². The monoisotopic (exact) mass is 374 g/mol. The maximum absolute atomic E-state index is 11.8. The van der Waals surface area contributed by atoms with E-state index in [0.29, 0.717) is 17.4 Å². The van der Waals surface area contributed by atoms with Gasteiger partial charge in [-0.1, -0.05) is 36.4 Å². The van der Waals surface area contributed by atoms with E-state index in [4.69, 9.17) is 16.3 Å². The molecule has 0 aromatic heterocycles. The summed E-state index contributed by atoms with van der Waals surface area (Å²) in [6.07, 6.45) is 3.29. The van der Waals surface area contributed by atoms with Crippen molar-refractivity contribution in [1.82, 2.24) is 5.43 Å². The maximum Gasteiger partial charge on any atom is 0.250 e. The summed E-state index contributed by atoms with van der Waals surface area (Å²) in [5, 5.41) is 4.67. The van der Waals surface area contributed by atoms with Crippen LogP contribution in [0.25, 0.3) is 0 Å². The highest BCUT2D eigenvalue weighted by Gasteiger charge is 2.01. The molecule has 0 heterocycles. The van der Waals surface area contributed by atoms with E-state index < -0.39 is 0 Å². The molecular formula is C19H19ClN2O2S. The number of nitrogens with one attached hydrogen (secondary N) is 1. The van der Waals surface area contributed by atoms with Crippen molar-refractivity contribution in [2.45, 2.75) is 5.75 Å². The lowest BCUT2D eigenvalue weighted by Crippen LogP contribution is -2.19. The average molecular weight is 375 g/mol. The number of hydrogen-bond acceptors (Lipinski definition) is 4. The third-order valence-electron chi connectivity index (χ3n) is 3.07. The van der Waals surface area contributed by atoms with Crippen LogP contribution in [0.1, 0.15) is 11.1 Å². The quantitative estimate of drug-likeness (QED) is 0.404. The molecule has 0 aliphatic rings. The van der Waals surface area contributed by atoms with Gasteiger partial charge < -0.3 is 4.74 Å². The number of nitrogens with zero attached hydrogens (tertiary/aromatic N) is 1. The second kappa shape index (κ2) is 10.6. The minimum absolute atomic E-state index is 0.138. The van der Waals surface area contributed by atoms with Crippen molar-refractivity contribution < 1.29 is 9.53 Å². The number of carbonyl (C=O) groups is 1. The van der Waals surface area contributed by atoms with Gasteiger partial charge in [-0.2, -0.15) is 5.10 Å². The highest BCUT2D eigenvalue weighted by molar-refractivity contribution is 7.99. The van der Waals surface area contributed by atoms with Crippen LogP contribution in [-0.2, 0) is 10.5 Å². The van der Waals surface area contributed by atoms with E-state index in [2.05, 4.69) is 17.1 Å². The summed E-state index contributed by atoms with van der Waals surface area (Å²) < 4.78 is 5.40. The molecule has 0 aliphatic carbocycles. The first-order chi connectivity index (χ1) is 12.2. The van der Waals surface area contributed by atoms with Gasteiger partial charge >= 0.3 is 0 Å². The molecule has 130 valence electrons. The smallest absolute Gasteiger partial charge is 0.250 e. The zero-order chi connectivity index (χ0) is 17.9. The van der Waals surface area contributed by atoms with Gasteiger partial charge in [-0.05, 0) is 47.5 Å². The van der Waals surface area contributed by atoms with Crippen molar-refractivity contribution in [3.63, 3.8) is 0 Å². The second-order valence-electron chi connectivity index (χ2n) is 5.08. The number of hydrogen-bond donors (Lipinski definition) is 1. The first-order valence-corrected chi connectivity index (χ1v) is 9.18. The minimum atomic E-state index is -0.138. The van der Waals surface area contributed by atoms with Crippen LogP contribution in [0.3, 0.4) is 0 Å². The molecule has 1 N–H and O–H groups in total. The largest absolute Gasteiger partial charge is 0.490 e. The number of thioether (sulfide) groups is 1. The molecule has 0 saturated carbocycles. The molecule has 0 aliphatic heterocycles. The zero-order valence-electron chi connectivity index (χ0n) is 13.7. The van der Waals surface area contributed by atoms with Gasteiger partial charge in [0.2, 0.25) is 5.91 Å². The van der Waals surface area contributed by atoms with Crippen molar-refractivity contribution in [1.29, 1.82) is 0 Å². The summed E-state index contributed by atoms with van der Waals surface area (Å²) in [4.78, 5) is 11.8. The van der Waals surface area contributed by atoms with Gasteiger partial charge in [-0.25, -0.2) is 5.43 Å². The summed E-state index contributed by atoms with van der Waals surface area (Å²) in [7, 11) is 0. The number of rotatable bonds is 9. The van der Waals surface area contributed by atoms with E-state index in [0.717, 1.165) is 22.6 Å². The average Bonchev–Trinajstić information content (AvgIpc) is 2.63. The standard InChI is InChI=1S/C19H19ClN2O2S/c1-2-11-24-18-9-5-15(6-10-18)12-21-22-19(23)14-25-13-16-3-7-17(20)8-4-16/h2-10,12H,1,11,13-14H2,(H,22,23)/b21-12-. The number of halogens is 1. The maximum atomic E-state index is 11.8. The Morgan fingerprint density at radius 1 is 1.20 bits per heavy atom. The molecule has 0 spiro atoms. The van der Waals surface area contributed by atoms with Crippen LogP contribution >= 0.6 is 23.4 Å². The Hall–Kier alpha value is -2.24. The third kappa shape index (κ3) is 7.45. The number of ether oxygens (including phenoxy) is 1. The summed E-state index contributed by atoms with van der Waals surface area (Å²) in [5.41, 5.74) is 4.52. The van der Waals surface area contributed by atoms with Crippen LogP contribution in [0.4, 0.5) is 0 Å². The lowest BCUT2D eigenvalue weighted by Gasteiger charge is -2.03. The number of amides is 1. The Labute approximate surface area is 156 Å². The van der Waals surface area contributed by atoms with Gasteiger partial charge in [0, 0.05) is 10.8 Å². The number of hydrazone groups is 1. The molecule has 25 heavy (non-hydrogen) atoms. The van der Waals surface area contributed by atoms with Crippen LogP contribution < -0.4 is 10.2 Å². The van der Waals surface area contributed by atoms with E-state index in [9.17, 15) is 4.79 Å². The molecule has 0 bridgehead atoms. The van der Waals surface area contributed by atoms with Crippen molar-refractivity contribution in [3.05, 3.63) is 77.3 Å². The fraction of sp³-hybridized carbons (Fsp3) is 0.158. The molecule has 2 aromatic rings. The van der Waals surface area contributed by atoms with Crippen LogP contribution in [-0.4, -0.2) is 24.5 Å². The zero-order valence-corrected chi connectivity index (χ0v) is 15.2. The van der Waals surface area contributed by atoms with Crippen molar-refractivity contribution in [2.75, 3.05) is 12.4 Å². The Morgan fingerprint density at radius 2 is 1.92 bits per heavy atom. The molecule has 0 fully saturated rings. The van der Waals surface area contributed by atoms with Gasteiger partial charge in [0.15, 0.2) is 0 Å². The molecule has 0 saturated heterocycles. The first kappa shape index (κ1) is 19.1. The van der Waals surface area contributed by atoms with Gasteiger partial charge in [-0.15, -0.1) is 11.8 Å². The first-order valence-electron chi connectivity index (χ1n) is 7.65. The fourth-order valence-electron chi connectivity index (χ4n) is 1.86. The minimum Gasteiger partial charge on any atom is -0.490 e. The van der Waals surface area contributed by atoms with Crippen molar-refractivity contribution in [2.24, 2.45) is 5.10 Å². The molecule has 0 radical (unpaired) electrons. The van der Waals surface area contributed by atoms with Crippen molar-refractivity contribution >= 4 is 35.5 Å². The van der Waals surface area contributed by atoms with E-state index in [1.165, 1.54) is 11.8 Å². The SMILES string of the molecule is C=CCOc1ccc(/C=N\NC(=O)CSCc2ccc(Cl)cc2)cc1. The number of benzene rings is 2. The van der Waals surface area contributed by atoms with E-state index in [1.54, 1.807) is 12.3 Å². The molecule has 1 amide bonds. The highest BCUT2D eigenvalue weighted by atomic mass is 35.5. The molecule has 2 rings (SSSR count). The lowest BCUT2D eigenvalue weighted by molar-refractivity contribution is -0.118. The third-order valence-corrected chi connectivity index (χ3v) is 4.32. The Kier molecular flexibility index (Phi) is 8.09. The topological polar surface area (TPSA) is 50.7 Å². The predicted molar refractivity (Wildman–Crippen MR) is 105 cm³/mol. The Balaban J connectivity index is 1.69. The summed E-state index contributed by atoms with van der Waals surface area (Å²) in [6.45, 7) is 4.07. The molecule has 0 atom stereocenters. The van der Waals surface area contributed by atoms with Crippen LogP contribution in [0, 0.1) is 0 Å². The van der Waals surface area contributed by atoms with Gasteiger partial charge in [0.05, 0.1) is 12.0 Å². The highest BCUT2D eigenvalue weighted by Crippen LogP contribution is 2.15. The predicted octanol–water partition coefficient (Wildman–Crippen LogP) is 4.29. The second-order valence-corrected chi connectivity index (χ2v) is 6.50. The van der Waals surface area contributed by atoms with Gasteiger partial charge in [-0.3, -0.25) is 4.79 Å². The molecule has 2 aromatic carbocycles. The van der Waals surface area contributed by atoms with E-state index in [-0.39, 0.29) is 5.91 Å². The lowest BCUT2D eigenvalue weighted by atomic mass is 10.2. The van der Waals surface area contributed by atoms with Crippen LogP contribution in [0.2, 0.25) is 5.02 Å². The van der Waals surface area contributed by atoms with Crippen LogP contribution in [0.5, 0.6) is 5.75 Å². The van der Waals surface area contributed by atoms with Crippen molar-refractivity contribution in [3.8, 4) is 5.75 Å². The Bertz CT molecular complexity index is 715. The van der Waals surface area contributed by atoms with Gasteiger partial charge in [0.1, 0.15) is 12.4 Å². The van der Waals surface area contributed by atoms with Gasteiger partial charge in [0.25, 0.3) is 0 Å². The molecular weight excluding hydrogens is 356 g/mol. The van der Waals surface area contributed by atoms with E-state index in [1.807, 2.05) is 48.5 Å². The van der Waals surface area contributed by atoms with Crippen LogP contribution in [0.15, 0.2) is 66.3 Å². The molecule has 0 unspecified atom stereocenters. The fourth-order valence-corrected chi connectivity index (χ4v) is 2.76. The molecule has 6 heteroatoms. The number of carbonyl (C=O) groups excluding carboxylic acids is 1. The summed E-state index contributed by atoms with van der Waals surface area (Å²) in [5.74, 6) is 1.72. The summed E-state index contributed by atoms with van der Waals surface area (Å²) >= 11 is 7.36.